The van der Waals surface area contributed by atoms with E-state index in [9.17, 15) is 23.1 Å². The number of halogens is 3. The predicted octanol–water partition coefficient (Wildman–Crippen LogP) is 5.75. The van der Waals surface area contributed by atoms with Crippen LogP contribution < -0.4 is 0 Å². The number of nitrogens with zero attached hydrogens (tertiary/aromatic N) is 1. The van der Waals surface area contributed by atoms with Crippen molar-refractivity contribution in [3.05, 3.63) is 71.3 Å². The molecule has 3 rings (SSSR count). The maximum atomic E-state index is 13.2. The van der Waals surface area contributed by atoms with Crippen LogP contribution in [-0.4, -0.2) is 41.0 Å². The van der Waals surface area contributed by atoms with Crippen LogP contribution in [0.25, 0.3) is 0 Å². The highest BCUT2D eigenvalue weighted by molar-refractivity contribution is 5.69. The average Bonchev–Trinajstić information content (AvgIpc) is 3.06. The zero-order chi connectivity index (χ0) is 23.9. The van der Waals surface area contributed by atoms with Crippen molar-refractivity contribution in [1.29, 1.82) is 0 Å². The largest absolute Gasteiger partial charge is 0.444 e. The lowest BCUT2D eigenvalue weighted by atomic mass is 9.71. The third kappa shape index (κ3) is 4.63. The maximum absolute atomic E-state index is 13.2. The summed E-state index contributed by atoms with van der Waals surface area (Å²) in [6, 6.07) is 15.6. The van der Waals surface area contributed by atoms with E-state index in [1.807, 2.05) is 30.3 Å². The van der Waals surface area contributed by atoms with E-state index < -0.39 is 28.9 Å². The highest BCUT2D eigenvalue weighted by Gasteiger charge is 2.51. The minimum Gasteiger partial charge on any atom is -0.444 e. The Morgan fingerprint density at radius 3 is 2.09 bits per heavy atom. The van der Waals surface area contributed by atoms with Gasteiger partial charge in [-0.15, -0.1) is 0 Å². The van der Waals surface area contributed by atoms with Crippen molar-refractivity contribution >= 4 is 6.09 Å². The number of hydrogen-bond acceptors (Lipinski definition) is 3. The molecule has 0 aromatic heterocycles. The molecule has 1 saturated heterocycles. The van der Waals surface area contributed by atoms with E-state index in [0.717, 1.165) is 18.1 Å². The Morgan fingerprint density at radius 2 is 1.59 bits per heavy atom. The van der Waals surface area contributed by atoms with Gasteiger partial charge in [-0.25, -0.2) is 4.79 Å². The molecule has 3 atom stereocenters. The number of aliphatic hydroxyl groups is 1. The highest BCUT2D eigenvalue weighted by Crippen LogP contribution is 2.46. The second kappa shape index (κ2) is 8.10. The normalized spacial score (nSPS) is 23.7. The number of carbonyl (C=O) groups is 1. The van der Waals surface area contributed by atoms with Crippen LogP contribution in [0.5, 0.6) is 0 Å². The third-order valence-corrected chi connectivity index (χ3v) is 6.20. The molecule has 1 heterocycles. The quantitative estimate of drug-likeness (QED) is 0.649. The van der Waals surface area contributed by atoms with Crippen LogP contribution in [0.1, 0.15) is 57.2 Å². The Balaban J connectivity index is 1.97. The zero-order valence-corrected chi connectivity index (χ0v) is 19.0. The molecule has 0 bridgehead atoms. The van der Waals surface area contributed by atoms with E-state index in [1.54, 1.807) is 37.8 Å². The minimum absolute atomic E-state index is 0.165. The minimum atomic E-state index is -4.78. The molecule has 1 N–H and O–H groups in total. The molecular formula is C25H30F3NO3. The fourth-order valence-electron chi connectivity index (χ4n) is 4.25. The summed E-state index contributed by atoms with van der Waals surface area (Å²) in [5.74, 6) is -0.165. The fourth-order valence-corrected chi connectivity index (χ4v) is 4.25. The molecule has 2 aromatic carbocycles. The molecule has 4 nitrogen and oxygen atoms in total. The van der Waals surface area contributed by atoms with Crippen molar-refractivity contribution in [3.8, 4) is 0 Å². The topological polar surface area (TPSA) is 49.8 Å². The lowest BCUT2D eigenvalue weighted by molar-refractivity contribution is -0.258. The summed E-state index contributed by atoms with van der Waals surface area (Å²) in [6.07, 6.45) is -5.20. The van der Waals surface area contributed by atoms with Crippen molar-refractivity contribution in [3.63, 3.8) is 0 Å². The molecule has 0 aliphatic carbocycles. The highest BCUT2D eigenvalue weighted by atomic mass is 19.4. The lowest BCUT2D eigenvalue weighted by Crippen LogP contribution is -2.39. The van der Waals surface area contributed by atoms with Crippen LogP contribution in [0.4, 0.5) is 18.0 Å². The number of benzene rings is 2. The number of ether oxygens (including phenoxy) is 1. The standard InChI is InChI=1S/C25H30F3NO3/c1-22(2,3)32-21(30)29-15-20(23(4,16-29)18-9-7-6-8-10-18)17-11-13-19(14-12-17)24(5,31)25(26,27)28/h6-14,20,31H,15-16H2,1-5H3/t20-,23+,24?/m1/s1. The Hall–Kier alpha value is -2.54. The first-order valence-corrected chi connectivity index (χ1v) is 10.6. The second-order valence-corrected chi connectivity index (χ2v) is 9.89. The van der Waals surface area contributed by atoms with Gasteiger partial charge >= 0.3 is 12.3 Å². The summed E-state index contributed by atoms with van der Waals surface area (Å²) >= 11 is 0. The molecule has 7 heteroatoms. The van der Waals surface area contributed by atoms with Gasteiger partial charge in [-0.2, -0.15) is 13.2 Å². The molecule has 0 radical (unpaired) electrons. The molecule has 1 fully saturated rings. The van der Waals surface area contributed by atoms with Gasteiger partial charge in [0.25, 0.3) is 0 Å². The number of hydrogen-bond donors (Lipinski definition) is 1. The zero-order valence-electron chi connectivity index (χ0n) is 19.0. The molecule has 0 spiro atoms. The Morgan fingerprint density at radius 1 is 1.03 bits per heavy atom. The van der Waals surface area contributed by atoms with E-state index >= 15 is 0 Å². The third-order valence-electron chi connectivity index (χ3n) is 6.20. The number of rotatable bonds is 3. The van der Waals surface area contributed by atoms with Crippen molar-refractivity contribution in [2.24, 2.45) is 0 Å². The fraction of sp³-hybridized carbons (Fsp3) is 0.480. The molecule has 1 aliphatic rings. The van der Waals surface area contributed by atoms with Crippen LogP contribution in [0.15, 0.2) is 54.6 Å². The van der Waals surface area contributed by atoms with Crippen molar-refractivity contribution in [2.45, 2.75) is 63.3 Å². The van der Waals surface area contributed by atoms with E-state index in [-0.39, 0.29) is 11.5 Å². The smallest absolute Gasteiger partial charge is 0.421 e. The van der Waals surface area contributed by atoms with Gasteiger partial charge in [-0.3, -0.25) is 0 Å². The van der Waals surface area contributed by atoms with Crippen LogP contribution in [0.2, 0.25) is 0 Å². The Bertz CT molecular complexity index is 949. The summed E-state index contributed by atoms with van der Waals surface area (Å²) in [5.41, 5.74) is -2.44. The van der Waals surface area contributed by atoms with Crippen molar-refractivity contribution in [2.75, 3.05) is 13.1 Å². The molecule has 174 valence electrons. The van der Waals surface area contributed by atoms with Gasteiger partial charge < -0.3 is 14.7 Å². The molecule has 1 amide bonds. The number of carbonyl (C=O) groups excluding carboxylic acids is 1. The number of amides is 1. The van der Waals surface area contributed by atoms with E-state index in [4.69, 9.17) is 4.74 Å². The lowest BCUT2D eigenvalue weighted by Gasteiger charge is -2.32. The summed E-state index contributed by atoms with van der Waals surface area (Å²) in [5, 5.41) is 9.99. The summed E-state index contributed by atoms with van der Waals surface area (Å²) in [6.45, 7) is 9.00. The van der Waals surface area contributed by atoms with Crippen LogP contribution >= 0.6 is 0 Å². The van der Waals surface area contributed by atoms with Crippen molar-refractivity contribution < 1.29 is 27.8 Å². The SMILES string of the molecule is CC(C)(C)OC(=O)N1C[C@H](c2ccc(C(C)(O)C(F)(F)F)cc2)[C@](C)(c2ccccc2)C1. The van der Waals surface area contributed by atoms with Crippen molar-refractivity contribution in [1.82, 2.24) is 4.90 Å². The van der Waals surface area contributed by atoms with Gasteiger partial charge in [-0.1, -0.05) is 61.5 Å². The first-order chi connectivity index (χ1) is 14.6. The van der Waals surface area contributed by atoms with Gasteiger partial charge in [0.15, 0.2) is 5.60 Å². The monoisotopic (exact) mass is 449 g/mol. The van der Waals surface area contributed by atoms with Gasteiger partial charge in [0.05, 0.1) is 0 Å². The molecular weight excluding hydrogens is 419 g/mol. The number of likely N-dealkylation sites (tertiary alicyclic amines) is 1. The van der Waals surface area contributed by atoms with E-state index in [1.165, 1.54) is 12.1 Å². The molecule has 0 saturated carbocycles. The van der Waals surface area contributed by atoms with Gasteiger partial charge in [-0.05, 0) is 44.4 Å². The van der Waals surface area contributed by atoms with E-state index in [2.05, 4.69) is 6.92 Å². The Labute approximate surface area is 187 Å². The predicted molar refractivity (Wildman–Crippen MR) is 116 cm³/mol. The van der Waals surface area contributed by atoms with Gasteiger partial charge in [0.1, 0.15) is 5.60 Å². The average molecular weight is 450 g/mol. The van der Waals surface area contributed by atoms with E-state index in [0.29, 0.717) is 13.1 Å². The van der Waals surface area contributed by atoms with Gasteiger partial charge in [0.2, 0.25) is 0 Å². The van der Waals surface area contributed by atoms with Gasteiger partial charge in [0, 0.05) is 24.4 Å². The molecule has 1 unspecified atom stereocenters. The second-order valence-electron chi connectivity index (χ2n) is 9.89. The molecule has 1 aliphatic heterocycles. The first-order valence-electron chi connectivity index (χ1n) is 10.6. The van der Waals surface area contributed by atoms with Crippen LogP contribution in [0, 0.1) is 0 Å². The molecule has 2 aromatic rings. The summed E-state index contributed by atoms with van der Waals surface area (Å²) in [7, 11) is 0. The number of alkyl halides is 3. The van der Waals surface area contributed by atoms with Crippen LogP contribution in [0.3, 0.4) is 0 Å². The molecule has 32 heavy (non-hydrogen) atoms. The first kappa shape index (κ1) is 24.1. The Kier molecular flexibility index (Phi) is 6.11. The summed E-state index contributed by atoms with van der Waals surface area (Å²) in [4.78, 5) is 14.5. The van der Waals surface area contributed by atoms with Crippen LogP contribution in [-0.2, 0) is 15.8 Å². The maximum Gasteiger partial charge on any atom is 0.421 e. The summed E-state index contributed by atoms with van der Waals surface area (Å²) < 4.78 is 45.3.